The Morgan fingerprint density at radius 1 is 1.41 bits per heavy atom. The van der Waals surface area contributed by atoms with Gasteiger partial charge in [-0.1, -0.05) is 6.58 Å². The van der Waals surface area contributed by atoms with Crippen molar-refractivity contribution < 1.29 is 32.2 Å². The third-order valence-corrected chi connectivity index (χ3v) is 1.64. The Kier molecular flexibility index (Phi) is 7.56. The van der Waals surface area contributed by atoms with Gasteiger partial charge in [0.25, 0.3) is 0 Å². The van der Waals surface area contributed by atoms with Crippen LogP contribution in [0.2, 0.25) is 0 Å². The summed E-state index contributed by atoms with van der Waals surface area (Å²) in [5, 5.41) is 0. The summed E-state index contributed by atoms with van der Waals surface area (Å²) in [7, 11) is 1.38. The number of methoxy groups -OCH3 is 1. The lowest BCUT2D eigenvalue weighted by Gasteiger charge is -2.16. The van der Waals surface area contributed by atoms with Crippen LogP contribution in [0.1, 0.15) is 6.42 Å². The SMILES string of the molecule is C=CC(=O)OC(COC)COCCC(F)(F)F. The average Bonchev–Trinajstić information content (AvgIpc) is 2.23. The van der Waals surface area contributed by atoms with E-state index in [0.29, 0.717) is 0 Å². The molecule has 0 N–H and O–H groups in total. The van der Waals surface area contributed by atoms with Crippen LogP contribution in [-0.2, 0) is 19.0 Å². The lowest BCUT2D eigenvalue weighted by atomic mass is 10.4. The van der Waals surface area contributed by atoms with E-state index < -0.39 is 31.3 Å². The fourth-order valence-electron chi connectivity index (χ4n) is 0.917. The molecule has 0 aromatic heterocycles. The first-order valence-corrected chi connectivity index (χ1v) is 4.85. The molecule has 0 spiro atoms. The maximum absolute atomic E-state index is 11.8. The van der Waals surface area contributed by atoms with Gasteiger partial charge in [0.1, 0.15) is 6.10 Å². The topological polar surface area (TPSA) is 44.8 Å². The summed E-state index contributed by atoms with van der Waals surface area (Å²) in [5.41, 5.74) is 0. The smallest absolute Gasteiger partial charge is 0.391 e. The van der Waals surface area contributed by atoms with Gasteiger partial charge in [0.15, 0.2) is 0 Å². The summed E-state index contributed by atoms with van der Waals surface area (Å²) in [4.78, 5) is 10.9. The first-order valence-electron chi connectivity index (χ1n) is 4.85. The minimum atomic E-state index is -4.26. The fourth-order valence-corrected chi connectivity index (χ4v) is 0.917. The molecule has 0 saturated carbocycles. The Balaban J connectivity index is 3.84. The number of hydrogen-bond donors (Lipinski definition) is 0. The molecule has 0 amide bonds. The molecule has 0 aliphatic rings. The van der Waals surface area contributed by atoms with Crippen molar-refractivity contribution in [2.45, 2.75) is 18.7 Å². The number of halogens is 3. The largest absolute Gasteiger partial charge is 0.454 e. The molecule has 0 fully saturated rings. The molecule has 1 atom stereocenters. The molecule has 0 bridgehead atoms. The van der Waals surface area contributed by atoms with Gasteiger partial charge in [-0.2, -0.15) is 13.2 Å². The van der Waals surface area contributed by atoms with Crippen molar-refractivity contribution in [2.75, 3.05) is 26.9 Å². The number of hydrogen-bond acceptors (Lipinski definition) is 4. The minimum Gasteiger partial charge on any atom is -0.454 e. The number of carbonyl (C=O) groups excluding carboxylic acids is 1. The lowest BCUT2D eigenvalue weighted by molar-refractivity contribution is -0.157. The Hall–Kier alpha value is -1.08. The van der Waals surface area contributed by atoms with Gasteiger partial charge in [-0.25, -0.2) is 4.79 Å². The van der Waals surface area contributed by atoms with Crippen LogP contribution in [0.4, 0.5) is 13.2 Å². The van der Waals surface area contributed by atoms with Gasteiger partial charge in [-0.3, -0.25) is 0 Å². The van der Waals surface area contributed by atoms with Crippen LogP contribution in [0.3, 0.4) is 0 Å². The Morgan fingerprint density at radius 2 is 2.06 bits per heavy atom. The highest BCUT2D eigenvalue weighted by Gasteiger charge is 2.26. The zero-order chi connectivity index (χ0) is 13.3. The van der Waals surface area contributed by atoms with Gasteiger partial charge in [-0.15, -0.1) is 0 Å². The summed E-state index contributed by atoms with van der Waals surface area (Å²) in [5.74, 6) is -0.675. The Labute approximate surface area is 97.3 Å². The van der Waals surface area contributed by atoms with Crippen LogP contribution in [0.5, 0.6) is 0 Å². The van der Waals surface area contributed by atoms with Crippen LogP contribution in [0.15, 0.2) is 12.7 Å². The van der Waals surface area contributed by atoms with Gasteiger partial charge in [-0.05, 0) is 0 Å². The fraction of sp³-hybridized carbons (Fsp3) is 0.700. The maximum atomic E-state index is 11.8. The predicted molar refractivity (Wildman–Crippen MR) is 53.4 cm³/mol. The molecule has 0 aromatic carbocycles. The quantitative estimate of drug-likeness (QED) is 0.376. The molecule has 0 rings (SSSR count). The van der Waals surface area contributed by atoms with E-state index in [2.05, 4.69) is 6.58 Å². The molecule has 0 aromatic rings. The summed E-state index contributed by atoms with van der Waals surface area (Å²) in [6.07, 6.45) is -5.08. The standard InChI is InChI=1S/C10H15F3O4/c1-3-9(14)17-8(6-15-2)7-16-5-4-10(11,12)13/h3,8H,1,4-7H2,2H3. The van der Waals surface area contributed by atoms with Crippen molar-refractivity contribution in [3.8, 4) is 0 Å². The van der Waals surface area contributed by atoms with Crippen LogP contribution < -0.4 is 0 Å². The third-order valence-electron chi connectivity index (χ3n) is 1.64. The molecule has 0 saturated heterocycles. The van der Waals surface area contributed by atoms with Crippen LogP contribution in [0, 0.1) is 0 Å². The Morgan fingerprint density at radius 3 is 2.53 bits per heavy atom. The Bertz CT molecular complexity index is 240. The van der Waals surface area contributed by atoms with Crippen LogP contribution >= 0.6 is 0 Å². The van der Waals surface area contributed by atoms with E-state index in [-0.39, 0.29) is 13.2 Å². The first-order chi connectivity index (χ1) is 7.89. The molecular weight excluding hydrogens is 241 g/mol. The number of esters is 1. The molecule has 0 aliphatic heterocycles. The van der Waals surface area contributed by atoms with Gasteiger partial charge in [0, 0.05) is 13.2 Å². The molecule has 17 heavy (non-hydrogen) atoms. The molecule has 0 aliphatic carbocycles. The van der Waals surface area contributed by atoms with Gasteiger partial charge in [0.05, 0.1) is 26.2 Å². The van der Waals surface area contributed by atoms with E-state index in [1.54, 1.807) is 0 Å². The molecule has 100 valence electrons. The molecule has 0 radical (unpaired) electrons. The molecular formula is C10H15F3O4. The van der Waals surface area contributed by atoms with E-state index >= 15 is 0 Å². The van der Waals surface area contributed by atoms with Crippen LogP contribution in [0.25, 0.3) is 0 Å². The number of alkyl halides is 3. The summed E-state index contributed by atoms with van der Waals surface area (Å²) in [6.45, 7) is 2.62. The second-order valence-electron chi connectivity index (χ2n) is 3.16. The van der Waals surface area contributed by atoms with E-state index in [1.807, 2.05) is 0 Å². The van der Waals surface area contributed by atoms with Crippen molar-refractivity contribution in [2.24, 2.45) is 0 Å². The highest BCUT2D eigenvalue weighted by Crippen LogP contribution is 2.19. The number of ether oxygens (including phenoxy) is 3. The molecule has 4 nitrogen and oxygen atoms in total. The third kappa shape index (κ3) is 9.83. The highest BCUT2D eigenvalue weighted by atomic mass is 19.4. The zero-order valence-corrected chi connectivity index (χ0v) is 9.46. The van der Waals surface area contributed by atoms with Crippen molar-refractivity contribution in [3.63, 3.8) is 0 Å². The van der Waals surface area contributed by atoms with Crippen LogP contribution in [-0.4, -0.2) is 45.2 Å². The van der Waals surface area contributed by atoms with Gasteiger partial charge in [0.2, 0.25) is 0 Å². The second-order valence-corrected chi connectivity index (χ2v) is 3.16. The number of carbonyl (C=O) groups is 1. The lowest BCUT2D eigenvalue weighted by Crippen LogP contribution is -2.28. The summed E-state index contributed by atoms with van der Waals surface area (Å²) >= 11 is 0. The predicted octanol–water partition coefficient (Wildman–Crippen LogP) is 1.70. The molecule has 0 heterocycles. The summed E-state index contributed by atoms with van der Waals surface area (Å²) < 4.78 is 49.6. The van der Waals surface area contributed by atoms with Crippen molar-refractivity contribution in [1.29, 1.82) is 0 Å². The first kappa shape index (κ1) is 15.9. The normalized spacial score (nSPS) is 13.2. The van der Waals surface area contributed by atoms with E-state index in [4.69, 9.17) is 14.2 Å². The molecule has 7 heteroatoms. The van der Waals surface area contributed by atoms with Gasteiger partial charge < -0.3 is 14.2 Å². The average molecular weight is 256 g/mol. The highest BCUT2D eigenvalue weighted by molar-refractivity contribution is 5.81. The van der Waals surface area contributed by atoms with Crippen molar-refractivity contribution >= 4 is 5.97 Å². The van der Waals surface area contributed by atoms with Gasteiger partial charge >= 0.3 is 12.1 Å². The maximum Gasteiger partial charge on any atom is 0.391 e. The number of rotatable bonds is 8. The van der Waals surface area contributed by atoms with E-state index in [1.165, 1.54) is 7.11 Å². The monoisotopic (exact) mass is 256 g/mol. The second kappa shape index (κ2) is 8.08. The zero-order valence-electron chi connectivity index (χ0n) is 9.46. The van der Waals surface area contributed by atoms with E-state index in [9.17, 15) is 18.0 Å². The minimum absolute atomic E-state index is 0.0472. The summed E-state index contributed by atoms with van der Waals surface area (Å²) in [6, 6.07) is 0. The molecule has 1 unspecified atom stereocenters. The van der Waals surface area contributed by atoms with Crippen molar-refractivity contribution in [1.82, 2.24) is 0 Å². The van der Waals surface area contributed by atoms with Crippen molar-refractivity contribution in [3.05, 3.63) is 12.7 Å². The van der Waals surface area contributed by atoms with E-state index in [0.717, 1.165) is 6.08 Å².